The number of hydrogen-bond donors (Lipinski definition) is 2. The Morgan fingerprint density at radius 2 is 2.20 bits per heavy atom. The third-order valence-electron chi connectivity index (χ3n) is 1.60. The summed E-state index contributed by atoms with van der Waals surface area (Å²) in [6.45, 7) is 0.118. The van der Waals surface area contributed by atoms with Gasteiger partial charge >= 0.3 is 0 Å². The van der Waals surface area contributed by atoms with Crippen molar-refractivity contribution in [1.82, 2.24) is 5.48 Å². The number of carbonyl (C=O) groups is 1. The number of hydroxylamine groups is 1. The topological polar surface area (TPSA) is 58.6 Å². The number of rotatable bonds is 4. The van der Waals surface area contributed by atoms with Crippen molar-refractivity contribution in [2.24, 2.45) is 0 Å². The summed E-state index contributed by atoms with van der Waals surface area (Å²) >= 11 is 11.5. The molecule has 0 unspecified atom stereocenters. The maximum Gasteiger partial charge on any atom is 0.246 e. The van der Waals surface area contributed by atoms with Crippen LogP contribution in [0.2, 0.25) is 10.0 Å². The zero-order valence-electron chi connectivity index (χ0n) is 7.67. The molecule has 0 saturated carbocycles. The van der Waals surface area contributed by atoms with Crippen LogP contribution in [0.5, 0.6) is 5.75 Å². The normalized spacial score (nSPS) is 9.80. The highest BCUT2D eigenvalue weighted by Crippen LogP contribution is 2.27. The lowest BCUT2D eigenvalue weighted by atomic mass is 10.3. The number of nitrogens with one attached hydrogen (secondary N) is 1. The van der Waals surface area contributed by atoms with Crippen molar-refractivity contribution in [3.05, 3.63) is 28.2 Å². The second-order valence-electron chi connectivity index (χ2n) is 2.71. The molecule has 0 heterocycles. The average Bonchev–Trinajstić information content (AvgIpc) is 2.23. The molecule has 1 amide bonds. The first kappa shape index (κ1) is 12.1. The molecule has 6 heteroatoms. The number of halogens is 2. The maximum absolute atomic E-state index is 10.7. The highest BCUT2D eigenvalue weighted by atomic mass is 35.5. The van der Waals surface area contributed by atoms with Gasteiger partial charge in [0, 0.05) is 11.1 Å². The molecule has 0 radical (unpaired) electrons. The molecule has 0 aliphatic heterocycles. The van der Waals surface area contributed by atoms with Crippen LogP contribution in [0, 0.1) is 0 Å². The highest BCUT2D eigenvalue weighted by Gasteiger charge is 2.04. The Balaban J connectivity index is 2.50. The Labute approximate surface area is 96.7 Å². The SMILES string of the molecule is O=C(CCOc1cc(Cl)ccc1Cl)NO. The number of benzene rings is 1. The van der Waals surface area contributed by atoms with Gasteiger partial charge in [-0.25, -0.2) is 5.48 Å². The van der Waals surface area contributed by atoms with Crippen molar-refractivity contribution < 1.29 is 14.7 Å². The summed E-state index contributed by atoms with van der Waals surface area (Å²) in [4.78, 5) is 10.7. The fraction of sp³-hybridized carbons (Fsp3) is 0.222. The predicted molar refractivity (Wildman–Crippen MR) is 56.5 cm³/mol. The van der Waals surface area contributed by atoms with E-state index in [1.54, 1.807) is 18.2 Å². The van der Waals surface area contributed by atoms with Crippen LogP contribution in [-0.4, -0.2) is 17.7 Å². The van der Waals surface area contributed by atoms with Crippen LogP contribution in [0.3, 0.4) is 0 Å². The maximum atomic E-state index is 10.7. The second-order valence-corrected chi connectivity index (χ2v) is 3.55. The molecule has 0 aliphatic rings. The molecule has 1 rings (SSSR count). The van der Waals surface area contributed by atoms with Gasteiger partial charge in [-0.3, -0.25) is 10.0 Å². The predicted octanol–water partition coefficient (Wildman–Crippen LogP) is 2.27. The third kappa shape index (κ3) is 3.95. The molecule has 2 N–H and O–H groups in total. The van der Waals surface area contributed by atoms with Crippen molar-refractivity contribution in [3.63, 3.8) is 0 Å². The number of ether oxygens (including phenoxy) is 1. The van der Waals surface area contributed by atoms with E-state index >= 15 is 0 Å². The minimum absolute atomic E-state index is 0.0410. The quantitative estimate of drug-likeness (QED) is 0.636. The minimum atomic E-state index is -0.520. The third-order valence-corrected chi connectivity index (χ3v) is 2.15. The van der Waals surface area contributed by atoms with Crippen LogP contribution < -0.4 is 10.2 Å². The first-order valence-corrected chi connectivity index (χ1v) is 4.90. The van der Waals surface area contributed by atoms with Crippen molar-refractivity contribution in [1.29, 1.82) is 0 Å². The van der Waals surface area contributed by atoms with E-state index in [0.29, 0.717) is 15.8 Å². The van der Waals surface area contributed by atoms with Gasteiger partial charge < -0.3 is 4.74 Å². The second kappa shape index (κ2) is 5.80. The minimum Gasteiger partial charge on any atom is -0.491 e. The van der Waals surface area contributed by atoms with Crippen molar-refractivity contribution in [2.45, 2.75) is 6.42 Å². The van der Waals surface area contributed by atoms with E-state index in [2.05, 4.69) is 0 Å². The zero-order chi connectivity index (χ0) is 11.3. The van der Waals surface area contributed by atoms with Gasteiger partial charge in [0.05, 0.1) is 18.1 Å². The van der Waals surface area contributed by atoms with Gasteiger partial charge in [-0.1, -0.05) is 23.2 Å². The van der Waals surface area contributed by atoms with Crippen LogP contribution in [-0.2, 0) is 4.79 Å². The summed E-state index contributed by atoms with van der Waals surface area (Å²) in [5.74, 6) is -0.108. The molecule has 15 heavy (non-hydrogen) atoms. The van der Waals surface area contributed by atoms with Crippen LogP contribution in [0.1, 0.15) is 6.42 Å². The van der Waals surface area contributed by atoms with Crippen LogP contribution in [0.4, 0.5) is 0 Å². The Kier molecular flexibility index (Phi) is 4.68. The summed E-state index contributed by atoms with van der Waals surface area (Å²) in [7, 11) is 0. The largest absolute Gasteiger partial charge is 0.491 e. The molecule has 1 aromatic rings. The summed E-state index contributed by atoms with van der Waals surface area (Å²) in [5, 5.41) is 9.15. The van der Waals surface area contributed by atoms with Crippen LogP contribution in [0.25, 0.3) is 0 Å². The Morgan fingerprint density at radius 1 is 1.47 bits per heavy atom. The fourth-order valence-corrected chi connectivity index (χ4v) is 1.23. The molecule has 82 valence electrons. The highest BCUT2D eigenvalue weighted by molar-refractivity contribution is 6.34. The first-order valence-electron chi connectivity index (χ1n) is 4.14. The first-order chi connectivity index (χ1) is 7.13. The van der Waals surface area contributed by atoms with Gasteiger partial charge in [0.15, 0.2) is 0 Å². The Morgan fingerprint density at radius 3 is 2.87 bits per heavy atom. The van der Waals surface area contributed by atoms with E-state index < -0.39 is 5.91 Å². The van der Waals surface area contributed by atoms with E-state index in [-0.39, 0.29) is 13.0 Å². The van der Waals surface area contributed by atoms with Crippen LogP contribution >= 0.6 is 23.2 Å². The molecule has 4 nitrogen and oxygen atoms in total. The van der Waals surface area contributed by atoms with E-state index in [4.69, 9.17) is 33.1 Å². The van der Waals surface area contributed by atoms with Gasteiger partial charge in [0.1, 0.15) is 5.75 Å². The van der Waals surface area contributed by atoms with E-state index in [0.717, 1.165) is 0 Å². The molecule has 0 bridgehead atoms. The van der Waals surface area contributed by atoms with E-state index in [9.17, 15) is 4.79 Å². The van der Waals surface area contributed by atoms with Gasteiger partial charge in [0.25, 0.3) is 0 Å². The Hall–Kier alpha value is -0.970. The van der Waals surface area contributed by atoms with Gasteiger partial charge in [-0.05, 0) is 12.1 Å². The molecule has 0 fully saturated rings. The Bertz CT molecular complexity index is 357. The summed E-state index contributed by atoms with van der Waals surface area (Å²) in [6.07, 6.45) is 0.0410. The van der Waals surface area contributed by atoms with Crippen molar-refractivity contribution in [2.75, 3.05) is 6.61 Å². The fourth-order valence-electron chi connectivity index (χ4n) is 0.897. The molecule has 1 aromatic carbocycles. The lowest BCUT2D eigenvalue weighted by Gasteiger charge is -2.07. The van der Waals surface area contributed by atoms with Crippen molar-refractivity contribution in [3.8, 4) is 5.75 Å². The van der Waals surface area contributed by atoms with Crippen molar-refractivity contribution >= 4 is 29.1 Å². The average molecular weight is 250 g/mol. The molecule has 0 aliphatic carbocycles. The number of amides is 1. The van der Waals surface area contributed by atoms with E-state index in [1.165, 1.54) is 5.48 Å². The summed E-state index contributed by atoms with van der Waals surface area (Å²) in [5.41, 5.74) is 1.50. The monoisotopic (exact) mass is 249 g/mol. The molecule has 0 saturated heterocycles. The zero-order valence-corrected chi connectivity index (χ0v) is 9.18. The standard InChI is InChI=1S/C9H9Cl2NO3/c10-6-1-2-7(11)8(5-6)15-4-3-9(13)12-14/h1-2,5,14H,3-4H2,(H,12,13). The summed E-state index contributed by atoms with van der Waals surface area (Å²) in [6, 6.07) is 4.79. The number of hydrogen-bond acceptors (Lipinski definition) is 3. The van der Waals surface area contributed by atoms with E-state index in [1.807, 2.05) is 0 Å². The van der Waals surface area contributed by atoms with Crippen LogP contribution in [0.15, 0.2) is 18.2 Å². The molecule has 0 atom stereocenters. The summed E-state index contributed by atoms with van der Waals surface area (Å²) < 4.78 is 5.20. The lowest BCUT2D eigenvalue weighted by molar-refractivity contribution is -0.129. The molecular formula is C9H9Cl2NO3. The molecule has 0 spiro atoms. The molecular weight excluding hydrogens is 241 g/mol. The number of carbonyl (C=O) groups excluding carboxylic acids is 1. The van der Waals surface area contributed by atoms with Gasteiger partial charge in [-0.15, -0.1) is 0 Å². The smallest absolute Gasteiger partial charge is 0.246 e. The van der Waals surface area contributed by atoms with Gasteiger partial charge in [-0.2, -0.15) is 0 Å². The van der Waals surface area contributed by atoms with Gasteiger partial charge in [0.2, 0.25) is 5.91 Å². The molecule has 0 aromatic heterocycles. The lowest BCUT2D eigenvalue weighted by Crippen LogP contribution is -2.20.